The maximum atomic E-state index is 11.8. The van der Waals surface area contributed by atoms with Crippen molar-refractivity contribution in [2.75, 3.05) is 32.0 Å². The van der Waals surface area contributed by atoms with E-state index in [0.29, 0.717) is 6.54 Å². The fourth-order valence-corrected chi connectivity index (χ4v) is 2.38. The Kier molecular flexibility index (Phi) is 4.51. The predicted molar refractivity (Wildman–Crippen MR) is 64.1 cm³/mol. The Hall–Kier alpha value is -0.660. The van der Waals surface area contributed by atoms with Gasteiger partial charge in [-0.2, -0.15) is 0 Å². The van der Waals surface area contributed by atoms with E-state index in [2.05, 4.69) is 4.72 Å². The highest BCUT2D eigenvalue weighted by atomic mass is 32.2. The summed E-state index contributed by atoms with van der Waals surface area (Å²) >= 11 is 0. The predicted octanol–water partition coefficient (Wildman–Crippen LogP) is -0.437. The van der Waals surface area contributed by atoms with Crippen LogP contribution in [0.15, 0.2) is 0 Å². The average molecular weight is 264 g/mol. The van der Waals surface area contributed by atoms with Crippen LogP contribution in [0.5, 0.6) is 0 Å². The van der Waals surface area contributed by atoms with Crippen molar-refractivity contribution in [1.29, 1.82) is 0 Å². The van der Waals surface area contributed by atoms with E-state index >= 15 is 0 Å². The number of amides is 1. The molecule has 0 aliphatic carbocycles. The van der Waals surface area contributed by atoms with Crippen LogP contribution in [0.3, 0.4) is 0 Å². The molecule has 0 atom stereocenters. The van der Waals surface area contributed by atoms with Crippen LogP contribution in [-0.4, -0.2) is 56.8 Å². The Bertz CT molecular complexity index is 372. The second kappa shape index (κ2) is 5.32. The smallest absolute Gasteiger partial charge is 0.248 e. The Morgan fingerprint density at radius 2 is 2.00 bits per heavy atom. The van der Waals surface area contributed by atoms with Crippen LogP contribution < -0.4 is 4.72 Å². The summed E-state index contributed by atoms with van der Waals surface area (Å²) in [5.41, 5.74) is -0.369. The van der Waals surface area contributed by atoms with E-state index < -0.39 is 10.0 Å². The maximum Gasteiger partial charge on any atom is 0.248 e. The summed E-state index contributed by atoms with van der Waals surface area (Å²) in [5, 5.41) is 0. The molecule has 7 heteroatoms. The molecule has 0 aromatic carbocycles. The number of hydrogen-bond donors (Lipinski definition) is 1. The highest BCUT2D eigenvalue weighted by Gasteiger charge is 2.23. The van der Waals surface area contributed by atoms with E-state index in [-0.39, 0.29) is 37.0 Å². The molecule has 0 aromatic heterocycles. The van der Waals surface area contributed by atoms with Crippen molar-refractivity contribution in [3.8, 4) is 0 Å². The van der Waals surface area contributed by atoms with Crippen molar-refractivity contribution in [3.63, 3.8) is 0 Å². The second-order valence-electron chi connectivity index (χ2n) is 5.00. The van der Waals surface area contributed by atoms with E-state index in [1.807, 2.05) is 20.8 Å². The highest BCUT2D eigenvalue weighted by molar-refractivity contribution is 7.89. The van der Waals surface area contributed by atoms with Gasteiger partial charge < -0.3 is 9.64 Å². The molecule has 0 spiro atoms. The molecule has 0 saturated carbocycles. The van der Waals surface area contributed by atoms with Gasteiger partial charge in [0.2, 0.25) is 15.9 Å². The van der Waals surface area contributed by atoms with Crippen LogP contribution in [-0.2, 0) is 19.6 Å². The third-order valence-electron chi connectivity index (χ3n) is 2.31. The topological polar surface area (TPSA) is 75.7 Å². The van der Waals surface area contributed by atoms with Crippen molar-refractivity contribution in [2.24, 2.45) is 0 Å². The van der Waals surface area contributed by atoms with E-state index in [9.17, 15) is 13.2 Å². The fraction of sp³-hybridized carbons (Fsp3) is 0.900. The molecule has 1 fully saturated rings. The lowest BCUT2D eigenvalue weighted by molar-refractivity contribution is -0.140. The van der Waals surface area contributed by atoms with Gasteiger partial charge in [0, 0.05) is 19.6 Å². The minimum Gasteiger partial charge on any atom is -0.366 e. The Labute approximate surface area is 102 Å². The molecule has 0 aromatic rings. The molecule has 17 heavy (non-hydrogen) atoms. The first kappa shape index (κ1) is 14.4. The van der Waals surface area contributed by atoms with Gasteiger partial charge in [0.1, 0.15) is 6.61 Å². The van der Waals surface area contributed by atoms with Crippen LogP contribution in [0.25, 0.3) is 0 Å². The van der Waals surface area contributed by atoms with Gasteiger partial charge >= 0.3 is 0 Å². The number of sulfonamides is 1. The molecule has 0 unspecified atom stereocenters. The molecule has 1 aliphatic heterocycles. The third-order valence-corrected chi connectivity index (χ3v) is 3.68. The number of nitrogens with one attached hydrogen (secondary N) is 1. The number of carbonyl (C=O) groups is 1. The van der Waals surface area contributed by atoms with Crippen LogP contribution in [0.4, 0.5) is 0 Å². The monoisotopic (exact) mass is 264 g/mol. The van der Waals surface area contributed by atoms with Crippen molar-refractivity contribution in [3.05, 3.63) is 0 Å². The highest BCUT2D eigenvalue weighted by Crippen LogP contribution is 2.07. The molecule has 1 aliphatic rings. The Balaban J connectivity index is 2.48. The molecular weight excluding hydrogens is 244 g/mol. The van der Waals surface area contributed by atoms with E-state index in [0.717, 1.165) is 0 Å². The number of nitrogens with zero attached hydrogens (tertiary/aromatic N) is 1. The molecule has 100 valence electrons. The van der Waals surface area contributed by atoms with Crippen molar-refractivity contribution >= 4 is 15.9 Å². The number of rotatable bonds is 2. The lowest BCUT2D eigenvalue weighted by Gasteiger charge is -2.23. The molecule has 6 nitrogen and oxygen atoms in total. The Morgan fingerprint density at radius 3 is 2.59 bits per heavy atom. The van der Waals surface area contributed by atoms with Crippen molar-refractivity contribution in [1.82, 2.24) is 9.62 Å². The summed E-state index contributed by atoms with van der Waals surface area (Å²) in [6.07, 6.45) is 0. The maximum absolute atomic E-state index is 11.8. The number of ether oxygens (including phenoxy) is 1. The molecule has 1 heterocycles. The molecular formula is C10H20N2O4S. The number of hydrogen-bond acceptors (Lipinski definition) is 4. The molecule has 1 amide bonds. The summed E-state index contributed by atoms with van der Waals surface area (Å²) in [6.45, 7) is 6.48. The lowest BCUT2D eigenvalue weighted by Crippen LogP contribution is -2.39. The van der Waals surface area contributed by atoms with Gasteiger partial charge in [-0.15, -0.1) is 0 Å². The molecule has 0 radical (unpaired) electrons. The number of carbonyl (C=O) groups excluding carboxylic acids is 1. The van der Waals surface area contributed by atoms with Gasteiger partial charge in [-0.25, -0.2) is 13.1 Å². The van der Waals surface area contributed by atoms with E-state index in [4.69, 9.17) is 4.74 Å². The first-order valence-electron chi connectivity index (χ1n) is 5.59. The lowest BCUT2D eigenvalue weighted by atomic mass is 10.2. The molecule has 1 saturated heterocycles. The normalized spacial score (nSPS) is 21.0. The molecule has 1 N–H and O–H groups in total. The summed E-state index contributed by atoms with van der Waals surface area (Å²) < 4.78 is 30.3. The minimum absolute atomic E-state index is 0.0104. The van der Waals surface area contributed by atoms with Crippen molar-refractivity contribution < 1.29 is 17.9 Å². The first-order chi connectivity index (χ1) is 7.70. The van der Waals surface area contributed by atoms with E-state index in [1.165, 1.54) is 4.90 Å². The quantitative estimate of drug-likeness (QED) is 0.734. The van der Waals surface area contributed by atoms with Crippen LogP contribution in [0.1, 0.15) is 20.8 Å². The average Bonchev–Trinajstić information content (AvgIpc) is 2.35. The summed E-state index contributed by atoms with van der Waals surface area (Å²) in [7, 11) is -3.21. The first-order valence-corrected chi connectivity index (χ1v) is 7.24. The zero-order valence-corrected chi connectivity index (χ0v) is 11.3. The third kappa shape index (κ3) is 5.47. The zero-order valence-electron chi connectivity index (χ0n) is 10.5. The van der Waals surface area contributed by atoms with Gasteiger partial charge in [-0.1, -0.05) is 0 Å². The van der Waals surface area contributed by atoms with Gasteiger partial charge in [-0.3, -0.25) is 4.79 Å². The molecule has 0 bridgehead atoms. The molecule has 1 rings (SSSR count). The Morgan fingerprint density at radius 1 is 1.35 bits per heavy atom. The van der Waals surface area contributed by atoms with Gasteiger partial charge in [0.25, 0.3) is 0 Å². The summed E-state index contributed by atoms with van der Waals surface area (Å²) in [4.78, 5) is 13.3. The SMILES string of the molecule is CC(C)(C)OCC(=O)N1CCNS(=O)(=O)CC1. The van der Waals surface area contributed by atoms with Gasteiger partial charge in [-0.05, 0) is 20.8 Å². The van der Waals surface area contributed by atoms with Crippen molar-refractivity contribution in [2.45, 2.75) is 26.4 Å². The van der Waals surface area contributed by atoms with Crippen LogP contribution in [0, 0.1) is 0 Å². The summed E-state index contributed by atoms with van der Waals surface area (Å²) in [5.74, 6) is -0.215. The zero-order chi connectivity index (χ0) is 13.1. The van der Waals surface area contributed by atoms with Gasteiger partial charge in [0.15, 0.2) is 0 Å². The fourth-order valence-electron chi connectivity index (χ4n) is 1.37. The van der Waals surface area contributed by atoms with Gasteiger partial charge in [0.05, 0.1) is 11.4 Å². The van der Waals surface area contributed by atoms with Crippen LogP contribution in [0.2, 0.25) is 0 Å². The van der Waals surface area contributed by atoms with E-state index in [1.54, 1.807) is 0 Å². The standard InChI is InChI=1S/C10H20N2O4S/c1-10(2,3)16-8-9(13)12-5-4-11-17(14,15)7-6-12/h11H,4-8H2,1-3H3. The second-order valence-corrected chi connectivity index (χ2v) is 6.92. The van der Waals surface area contributed by atoms with Crippen LogP contribution >= 0.6 is 0 Å². The summed E-state index contributed by atoms with van der Waals surface area (Å²) in [6, 6.07) is 0. The minimum atomic E-state index is -3.21. The largest absolute Gasteiger partial charge is 0.366 e.